The number of epoxide rings is 1. The highest BCUT2D eigenvalue weighted by Crippen LogP contribution is 2.43. The van der Waals surface area contributed by atoms with Crippen LogP contribution in [0.15, 0.2) is 194 Å². The second-order valence-corrected chi connectivity index (χ2v) is 27.6. The van der Waals surface area contributed by atoms with Crippen LogP contribution >= 0.6 is 0 Å². The Hall–Kier alpha value is -4.71. The molecule has 0 unspecified atom stereocenters. The molecule has 0 spiro atoms. The van der Waals surface area contributed by atoms with Crippen molar-refractivity contribution in [1.82, 2.24) is 0 Å². The largest absolute Gasteiger partial charge is 0.402 e. The Morgan fingerprint density at radius 2 is 0.875 bits per heavy atom. The van der Waals surface area contributed by atoms with E-state index < -0.39 is 16.6 Å². The van der Waals surface area contributed by atoms with E-state index in [1.54, 1.807) is 0 Å². The first-order valence-corrected chi connectivity index (χ1v) is 27.0. The van der Waals surface area contributed by atoms with Crippen molar-refractivity contribution in [3.05, 3.63) is 205 Å². The van der Waals surface area contributed by atoms with E-state index >= 15 is 0 Å². The summed E-state index contributed by atoms with van der Waals surface area (Å²) in [4.78, 5) is 0. The van der Waals surface area contributed by atoms with E-state index in [2.05, 4.69) is 224 Å². The Bertz CT molecular complexity index is 2200. The van der Waals surface area contributed by atoms with E-state index in [1.165, 1.54) is 31.9 Å². The number of hydrogen-bond acceptors (Lipinski definition) is 5. The Morgan fingerprint density at radius 1 is 0.500 bits per heavy atom. The third-order valence-corrected chi connectivity index (χ3v) is 22.6. The highest BCUT2D eigenvalue weighted by atomic mass is 28.4. The van der Waals surface area contributed by atoms with Crippen molar-refractivity contribution in [2.45, 2.75) is 109 Å². The van der Waals surface area contributed by atoms with Crippen molar-refractivity contribution in [3.8, 4) is 0 Å². The zero-order chi connectivity index (χ0) is 44.9. The molecule has 0 bridgehead atoms. The van der Waals surface area contributed by atoms with Crippen molar-refractivity contribution < 1.29 is 23.1 Å². The molecular weight excluding hydrogens is 821 g/mol. The molecule has 0 aromatic heterocycles. The lowest BCUT2D eigenvalue weighted by Crippen LogP contribution is -2.69. The van der Waals surface area contributed by atoms with Crippen LogP contribution in [0.3, 0.4) is 0 Å². The smallest absolute Gasteiger partial charge is 0.261 e. The number of rotatable bonds is 22. The van der Waals surface area contributed by atoms with Crippen molar-refractivity contribution in [1.29, 1.82) is 0 Å². The van der Waals surface area contributed by atoms with Crippen molar-refractivity contribution >= 4 is 37.4 Å². The third kappa shape index (κ3) is 11.6. The van der Waals surface area contributed by atoms with E-state index in [4.69, 9.17) is 23.1 Å². The van der Waals surface area contributed by atoms with Crippen LogP contribution in [0.25, 0.3) is 0 Å². The summed E-state index contributed by atoms with van der Waals surface area (Å²) >= 11 is 0. The molecule has 1 saturated heterocycles. The number of benzene rings is 6. The molecular formula is C57H68O5Si2. The first-order chi connectivity index (χ1) is 31.0. The average Bonchev–Trinajstić information content (AvgIpc) is 4.10. The minimum Gasteiger partial charge on any atom is -0.402 e. The molecule has 4 atom stereocenters. The van der Waals surface area contributed by atoms with E-state index in [9.17, 15) is 0 Å². The van der Waals surface area contributed by atoms with E-state index in [1.807, 2.05) is 12.1 Å². The fraction of sp³-hybridized carbons (Fsp3) is 0.333. The fourth-order valence-electron chi connectivity index (χ4n) is 9.32. The summed E-state index contributed by atoms with van der Waals surface area (Å²) in [5.74, 6) is 0. The maximum Gasteiger partial charge on any atom is 0.261 e. The van der Waals surface area contributed by atoms with Gasteiger partial charge in [-0.25, -0.2) is 0 Å². The zero-order valence-electron chi connectivity index (χ0n) is 38.8. The normalized spacial score (nSPS) is 16.7. The topological polar surface area (TPSA) is 49.5 Å². The lowest BCUT2D eigenvalue weighted by atomic mass is 10.1. The summed E-state index contributed by atoms with van der Waals surface area (Å²) in [5, 5.41) is 4.55. The maximum atomic E-state index is 8.09. The van der Waals surface area contributed by atoms with Crippen molar-refractivity contribution in [2.24, 2.45) is 0 Å². The van der Waals surface area contributed by atoms with Crippen molar-refractivity contribution in [2.75, 3.05) is 13.2 Å². The van der Waals surface area contributed by atoms with Gasteiger partial charge in [0.15, 0.2) is 0 Å². The Kier molecular flexibility index (Phi) is 16.2. The molecule has 7 rings (SSSR count). The second-order valence-electron chi connectivity index (χ2n) is 19.1. The summed E-state index contributed by atoms with van der Waals surface area (Å²) in [6.07, 6.45) is 6.00. The molecule has 0 saturated carbocycles. The Morgan fingerprint density at radius 3 is 1.28 bits per heavy atom. The van der Waals surface area contributed by atoms with Crippen LogP contribution in [0.2, 0.25) is 10.1 Å². The molecule has 0 N–H and O–H groups in total. The first kappa shape index (κ1) is 47.3. The van der Waals surface area contributed by atoms with Crippen molar-refractivity contribution in [3.63, 3.8) is 0 Å². The van der Waals surface area contributed by atoms with Crippen LogP contribution in [-0.4, -0.2) is 54.3 Å². The quantitative estimate of drug-likeness (QED) is 0.0294. The van der Waals surface area contributed by atoms with Gasteiger partial charge in [-0.2, -0.15) is 0 Å². The lowest BCUT2D eigenvalue weighted by molar-refractivity contribution is 0.0958. The molecule has 1 heterocycles. The molecule has 334 valence electrons. The van der Waals surface area contributed by atoms with Gasteiger partial charge in [0.05, 0.1) is 38.1 Å². The van der Waals surface area contributed by atoms with Crippen LogP contribution in [0.5, 0.6) is 0 Å². The number of hydrogen-bond donors (Lipinski definition) is 0. The molecule has 1 aliphatic heterocycles. The fourth-order valence-corrected chi connectivity index (χ4v) is 18.7. The highest BCUT2D eigenvalue weighted by Gasteiger charge is 2.57. The second kappa shape index (κ2) is 22.0. The van der Waals surface area contributed by atoms with Gasteiger partial charge in [-0.3, -0.25) is 0 Å². The van der Waals surface area contributed by atoms with Gasteiger partial charge in [-0.1, -0.05) is 236 Å². The van der Waals surface area contributed by atoms with E-state index in [-0.39, 0.29) is 34.5 Å². The predicted octanol–water partition coefficient (Wildman–Crippen LogP) is 10.8. The number of ether oxygens (including phenoxy) is 3. The van der Waals surface area contributed by atoms with Crippen LogP contribution in [0.1, 0.15) is 71.9 Å². The molecule has 1 aliphatic rings. The maximum absolute atomic E-state index is 8.09. The molecule has 0 amide bonds. The molecule has 6 aromatic rings. The summed E-state index contributed by atoms with van der Waals surface area (Å²) < 4.78 is 35.3. The summed E-state index contributed by atoms with van der Waals surface area (Å²) in [5.41, 5.74) is 2.34. The van der Waals surface area contributed by atoms with Crippen LogP contribution in [0, 0.1) is 0 Å². The summed E-state index contributed by atoms with van der Waals surface area (Å²) in [7, 11) is -6.02. The summed E-state index contributed by atoms with van der Waals surface area (Å²) in [6.45, 7) is 16.5. The SMILES string of the molecule is CC(C)(C)[Si](O[C@H](/C=C/CCOCc1ccccc1)C[C@@H](O[Si](c1ccccc1)(c1ccccc1)C(C)(C)C)[C@@H]1O[C@@H]1CCOCc1ccccc1)(c1ccccc1)c1ccccc1. The van der Waals surface area contributed by atoms with Gasteiger partial charge in [-0.15, -0.1) is 0 Å². The monoisotopic (exact) mass is 888 g/mol. The standard InChI is InChI=1S/C57H68O5Si2/c1-56(2,3)63(49-32-17-9-18-33-49,50-34-19-10-20-35-50)61-48(31-25-26-41-58-44-46-27-13-7-14-28-46)43-54(55-53(60-55)40-42-59-45-47-29-15-8-16-30-47)62-64(57(4,5)6,51-36-21-11-22-37-51)52-38-23-12-24-39-52/h7-25,27-39,48,53-55H,26,40-45H2,1-6H3/b31-25+/t48-,53-,54-,55-/m1/s1. The van der Waals surface area contributed by atoms with Gasteiger partial charge in [0, 0.05) is 13.0 Å². The van der Waals surface area contributed by atoms with Gasteiger partial charge < -0.3 is 23.1 Å². The molecule has 5 nitrogen and oxygen atoms in total. The van der Waals surface area contributed by atoms with Gasteiger partial charge in [0.1, 0.15) is 6.10 Å². The predicted molar refractivity (Wildman–Crippen MR) is 269 cm³/mol. The average molecular weight is 889 g/mol. The zero-order valence-corrected chi connectivity index (χ0v) is 40.8. The molecule has 64 heavy (non-hydrogen) atoms. The molecule has 1 fully saturated rings. The molecule has 6 aromatic carbocycles. The molecule has 7 heteroatoms. The van der Waals surface area contributed by atoms with E-state index in [0.717, 1.165) is 12.8 Å². The van der Waals surface area contributed by atoms with Crippen LogP contribution < -0.4 is 20.7 Å². The third-order valence-electron chi connectivity index (χ3n) is 12.5. The van der Waals surface area contributed by atoms with Gasteiger partial charge in [0.2, 0.25) is 0 Å². The minimum atomic E-state index is -3.02. The van der Waals surface area contributed by atoms with Crippen LogP contribution in [0.4, 0.5) is 0 Å². The van der Waals surface area contributed by atoms with Gasteiger partial charge in [-0.05, 0) is 54.8 Å². The molecule has 0 aliphatic carbocycles. The summed E-state index contributed by atoms with van der Waals surface area (Å²) in [6, 6.07) is 64.6. The minimum absolute atomic E-state index is 0.00266. The van der Waals surface area contributed by atoms with Gasteiger partial charge >= 0.3 is 0 Å². The lowest BCUT2D eigenvalue weighted by Gasteiger charge is -2.47. The Labute approximate surface area is 385 Å². The first-order valence-electron chi connectivity index (χ1n) is 23.1. The van der Waals surface area contributed by atoms with E-state index in [0.29, 0.717) is 32.8 Å². The Balaban J connectivity index is 1.27. The molecule has 0 radical (unpaired) electrons. The van der Waals surface area contributed by atoms with Crippen LogP contribution in [-0.2, 0) is 36.3 Å². The van der Waals surface area contributed by atoms with Gasteiger partial charge in [0.25, 0.3) is 16.6 Å². The highest BCUT2D eigenvalue weighted by molar-refractivity contribution is 7.00.